The number of carbonyl (C=O) groups excluding carboxylic acids is 2. The molecule has 1 atom stereocenters. The highest BCUT2D eigenvalue weighted by atomic mass is 35.5. The summed E-state index contributed by atoms with van der Waals surface area (Å²) in [6, 6.07) is 6.04. The third kappa shape index (κ3) is 4.87. The van der Waals surface area contributed by atoms with Crippen LogP contribution in [-0.4, -0.2) is 18.4 Å². The Bertz CT molecular complexity index is 602. The molecule has 0 radical (unpaired) electrons. The van der Waals surface area contributed by atoms with E-state index in [4.69, 9.17) is 5.73 Å². The number of halogens is 1. The van der Waals surface area contributed by atoms with Crippen LogP contribution in [0.2, 0.25) is 0 Å². The van der Waals surface area contributed by atoms with Crippen molar-refractivity contribution < 1.29 is 9.59 Å². The molecule has 0 aromatic heterocycles. The molecular weight excluding hydrogens is 326 g/mol. The molecule has 0 aliphatic heterocycles. The van der Waals surface area contributed by atoms with E-state index in [9.17, 15) is 9.59 Å². The minimum absolute atomic E-state index is 0. The van der Waals surface area contributed by atoms with E-state index >= 15 is 0 Å². The van der Waals surface area contributed by atoms with Crippen molar-refractivity contribution in [3.8, 4) is 0 Å². The Morgan fingerprint density at radius 1 is 1.21 bits per heavy atom. The van der Waals surface area contributed by atoms with Gasteiger partial charge in [0.25, 0.3) is 0 Å². The molecule has 0 bridgehead atoms. The largest absolute Gasteiger partial charge is 0.399 e. The smallest absolute Gasteiger partial charge is 0.223 e. The van der Waals surface area contributed by atoms with Crippen LogP contribution in [0.1, 0.15) is 55.7 Å². The van der Waals surface area contributed by atoms with Gasteiger partial charge in [0, 0.05) is 24.6 Å². The van der Waals surface area contributed by atoms with Gasteiger partial charge in [0.2, 0.25) is 11.8 Å². The van der Waals surface area contributed by atoms with Crippen molar-refractivity contribution in [1.29, 1.82) is 0 Å². The summed E-state index contributed by atoms with van der Waals surface area (Å²) >= 11 is 0. The summed E-state index contributed by atoms with van der Waals surface area (Å²) in [6.45, 7) is 0.584. The van der Waals surface area contributed by atoms with Gasteiger partial charge in [-0.1, -0.05) is 6.07 Å². The van der Waals surface area contributed by atoms with Crippen LogP contribution in [0.25, 0.3) is 0 Å². The minimum atomic E-state index is 0. The predicted octanol–water partition coefficient (Wildman–Crippen LogP) is 2.49. The molecule has 24 heavy (non-hydrogen) atoms. The first kappa shape index (κ1) is 18.6. The average Bonchev–Trinajstić information content (AvgIpc) is 3.36. The van der Waals surface area contributed by atoms with Crippen molar-refractivity contribution in [3.63, 3.8) is 0 Å². The van der Waals surface area contributed by atoms with Gasteiger partial charge in [-0.3, -0.25) is 9.59 Å². The third-order valence-corrected chi connectivity index (χ3v) is 4.64. The molecule has 4 N–H and O–H groups in total. The van der Waals surface area contributed by atoms with Gasteiger partial charge in [0.1, 0.15) is 0 Å². The monoisotopic (exact) mass is 351 g/mol. The van der Waals surface area contributed by atoms with E-state index in [1.165, 1.54) is 11.1 Å². The number of benzene rings is 1. The van der Waals surface area contributed by atoms with E-state index in [1.807, 2.05) is 18.2 Å². The summed E-state index contributed by atoms with van der Waals surface area (Å²) in [6.07, 6.45) is 6.23. The molecule has 0 spiro atoms. The summed E-state index contributed by atoms with van der Waals surface area (Å²) in [5.41, 5.74) is 9.06. The van der Waals surface area contributed by atoms with Crippen molar-refractivity contribution in [2.45, 2.75) is 51.0 Å². The lowest BCUT2D eigenvalue weighted by Crippen LogP contribution is -2.32. The first-order valence-electron chi connectivity index (χ1n) is 8.59. The van der Waals surface area contributed by atoms with Gasteiger partial charge in [-0.2, -0.15) is 0 Å². The van der Waals surface area contributed by atoms with E-state index in [1.54, 1.807) is 0 Å². The van der Waals surface area contributed by atoms with Crippen LogP contribution in [0.3, 0.4) is 0 Å². The van der Waals surface area contributed by atoms with E-state index in [0.29, 0.717) is 19.4 Å². The van der Waals surface area contributed by atoms with Crippen LogP contribution >= 0.6 is 12.4 Å². The Kier molecular flexibility index (Phi) is 6.49. The van der Waals surface area contributed by atoms with Crippen LogP contribution in [0.15, 0.2) is 18.2 Å². The molecule has 6 heteroatoms. The van der Waals surface area contributed by atoms with Crippen molar-refractivity contribution in [1.82, 2.24) is 10.6 Å². The van der Waals surface area contributed by atoms with Crippen molar-refractivity contribution in [2.24, 2.45) is 5.92 Å². The van der Waals surface area contributed by atoms with Crippen LogP contribution in [0.5, 0.6) is 0 Å². The number of fused-ring (bicyclic) bond motifs is 1. The second-order valence-electron chi connectivity index (χ2n) is 6.64. The number of carbonyl (C=O) groups is 2. The highest BCUT2D eigenvalue weighted by molar-refractivity contribution is 5.85. The van der Waals surface area contributed by atoms with E-state index in [2.05, 4.69) is 10.6 Å². The van der Waals surface area contributed by atoms with Crippen LogP contribution in [0.4, 0.5) is 5.69 Å². The number of nitrogen functional groups attached to an aromatic ring is 1. The van der Waals surface area contributed by atoms with E-state index in [-0.39, 0.29) is 36.2 Å². The van der Waals surface area contributed by atoms with Crippen LogP contribution in [0, 0.1) is 5.92 Å². The van der Waals surface area contributed by atoms with Gasteiger partial charge in [0.05, 0.1) is 6.04 Å². The highest BCUT2D eigenvalue weighted by Gasteiger charge is 2.29. The second kappa shape index (κ2) is 8.38. The minimum Gasteiger partial charge on any atom is -0.399 e. The summed E-state index contributed by atoms with van der Waals surface area (Å²) in [4.78, 5) is 23.6. The molecule has 1 saturated carbocycles. The molecule has 1 fully saturated rings. The van der Waals surface area contributed by atoms with Gasteiger partial charge in [-0.05, 0) is 61.8 Å². The Balaban J connectivity index is 0.00000208. The van der Waals surface area contributed by atoms with E-state index in [0.717, 1.165) is 37.8 Å². The van der Waals surface area contributed by atoms with Gasteiger partial charge in [0.15, 0.2) is 0 Å². The maximum atomic E-state index is 12.1. The quantitative estimate of drug-likeness (QED) is 0.543. The number of nitrogens with one attached hydrogen (secondary N) is 2. The van der Waals surface area contributed by atoms with E-state index < -0.39 is 0 Å². The molecule has 3 rings (SSSR count). The number of aryl methyl sites for hydroxylation is 1. The Hall–Kier alpha value is -1.75. The first-order valence-corrected chi connectivity index (χ1v) is 8.59. The molecule has 1 aromatic rings. The molecule has 2 aliphatic rings. The normalized spacial score (nSPS) is 18.9. The third-order valence-electron chi connectivity index (χ3n) is 4.64. The zero-order valence-electron chi connectivity index (χ0n) is 13.8. The van der Waals surface area contributed by atoms with Gasteiger partial charge >= 0.3 is 0 Å². The second-order valence-corrected chi connectivity index (χ2v) is 6.64. The van der Waals surface area contributed by atoms with Gasteiger partial charge in [-0.25, -0.2) is 0 Å². The van der Waals surface area contributed by atoms with Gasteiger partial charge < -0.3 is 16.4 Å². The molecular formula is C18H26ClN3O2. The molecule has 2 aliphatic carbocycles. The molecule has 1 unspecified atom stereocenters. The lowest BCUT2D eigenvalue weighted by molar-refractivity contribution is -0.124. The lowest BCUT2D eigenvalue weighted by atomic mass is 9.87. The molecule has 1 aromatic carbocycles. The first-order chi connectivity index (χ1) is 11.1. The van der Waals surface area contributed by atoms with Crippen molar-refractivity contribution in [3.05, 3.63) is 29.3 Å². The summed E-state index contributed by atoms with van der Waals surface area (Å²) in [5, 5.41) is 6.02. The Labute approximate surface area is 149 Å². The number of amides is 2. The SMILES string of the molecule is Cl.Nc1ccc2c(c1)CCCC2NC(=O)CCCNC(=O)C1CC1. The molecule has 132 valence electrons. The predicted molar refractivity (Wildman–Crippen MR) is 96.9 cm³/mol. The molecule has 0 heterocycles. The van der Waals surface area contributed by atoms with Crippen molar-refractivity contribution >= 4 is 29.9 Å². The zero-order chi connectivity index (χ0) is 16.2. The van der Waals surface area contributed by atoms with Crippen LogP contribution < -0.4 is 16.4 Å². The summed E-state index contributed by atoms with van der Waals surface area (Å²) in [5.74, 6) is 0.430. The number of hydrogen-bond donors (Lipinski definition) is 3. The Morgan fingerprint density at radius 2 is 2.00 bits per heavy atom. The van der Waals surface area contributed by atoms with Crippen LogP contribution in [-0.2, 0) is 16.0 Å². The number of rotatable bonds is 6. The van der Waals surface area contributed by atoms with Crippen molar-refractivity contribution in [2.75, 3.05) is 12.3 Å². The zero-order valence-corrected chi connectivity index (χ0v) is 14.7. The average molecular weight is 352 g/mol. The number of hydrogen-bond acceptors (Lipinski definition) is 3. The fourth-order valence-corrected chi connectivity index (χ4v) is 3.20. The molecule has 0 saturated heterocycles. The lowest BCUT2D eigenvalue weighted by Gasteiger charge is -2.26. The maximum absolute atomic E-state index is 12.1. The molecule has 2 amide bonds. The summed E-state index contributed by atoms with van der Waals surface area (Å²) < 4.78 is 0. The standard InChI is InChI=1S/C18H25N3O2.ClH/c19-14-8-9-15-13(11-14)3-1-4-16(15)21-17(22)5-2-10-20-18(23)12-6-7-12;/h8-9,11-12,16H,1-7,10,19H2,(H,20,23)(H,21,22);1H. The fraction of sp³-hybridized carbons (Fsp3) is 0.556. The molecule has 5 nitrogen and oxygen atoms in total. The topological polar surface area (TPSA) is 84.2 Å². The number of anilines is 1. The highest BCUT2D eigenvalue weighted by Crippen LogP contribution is 2.31. The summed E-state index contributed by atoms with van der Waals surface area (Å²) in [7, 11) is 0. The Morgan fingerprint density at radius 3 is 2.75 bits per heavy atom. The maximum Gasteiger partial charge on any atom is 0.223 e. The van der Waals surface area contributed by atoms with Gasteiger partial charge in [-0.15, -0.1) is 12.4 Å². The fourth-order valence-electron chi connectivity index (χ4n) is 3.20. The number of nitrogens with two attached hydrogens (primary N) is 1.